The molecule has 4 aliphatic carbocycles. The van der Waals surface area contributed by atoms with Gasteiger partial charge in [-0.1, -0.05) is 12.1 Å². The van der Waals surface area contributed by atoms with E-state index in [0.717, 1.165) is 37.0 Å². The van der Waals surface area contributed by atoms with Crippen LogP contribution in [0.5, 0.6) is 0 Å². The largest absolute Gasteiger partial charge is 0.347 e. The molecule has 6 nitrogen and oxygen atoms in total. The van der Waals surface area contributed by atoms with Crippen molar-refractivity contribution in [1.82, 2.24) is 16.2 Å². The molecular formula is C22H28FN3O3. The molecule has 29 heavy (non-hydrogen) atoms. The molecule has 4 aliphatic rings. The Morgan fingerprint density at radius 1 is 0.862 bits per heavy atom. The molecule has 0 radical (unpaired) electrons. The molecule has 3 N–H and O–H groups in total. The third-order valence-electron chi connectivity index (χ3n) is 6.77. The third-order valence-corrected chi connectivity index (χ3v) is 6.77. The molecule has 5 rings (SSSR count). The predicted molar refractivity (Wildman–Crippen MR) is 105 cm³/mol. The number of carbonyl (C=O) groups excluding carboxylic acids is 3. The molecule has 4 bridgehead atoms. The molecule has 156 valence electrons. The number of hydrogen-bond donors (Lipinski definition) is 3. The second-order valence-corrected chi connectivity index (χ2v) is 9.27. The highest BCUT2D eigenvalue weighted by atomic mass is 19.1. The number of benzene rings is 1. The highest BCUT2D eigenvalue weighted by molar-refractivity contribution is 5.87. The Balaban J connectivity index is 1.16. The highest BCUT2D eigenvalue weighted by Crippen LogP contribution is 2.61. The van der Waals surface area contributed by atoms with E-state index in [1.54, 1.807) is 0 Å². The van der Waals surface area contributed by atoms with Gasteiger partial charge >= 0.3 is 0 Å². The van der Waals surface area contributed by atoms with Crippen molar-refractivity contribution in [3.05, 3.63) is 35.6 Å². The summed E-state index contributed by atoms with van der Waals surface area (Å²) in [7, 11) is 0. The van der Waals surface area contributed by atoms with Crippen LogP contribution in [-0.2, 0) is 20.8 Å². The topological polar surface area (TPSA) is 87.3 Å². The molecule has 3 amide bonds. The lowest BCUT2D eigenvalue weighted by atomic mass is 9.49. The Morgan fingerprint density at radius 3 is 2.00 bits per heavy atom. The van der Waals surface area contributed by atoms with Gasteiger partial charge < -0.3 is 5.32 Å². The van der Waals surface area contributed by atoms with E-state index >= 15 is 0 Å². The summed E-state index contributed by atoms with van der Waals surface area (Å²) in [6.07, 6.45) is 7.98. The van der Waals surface area contributed by atoms with Crippen LogP contribution in [0.3, 0.4) is 0 Å². The molecule has 4 saturated carbocycles. The van der Waals surface area contributed by atoms with Crippen LogP contribution in [0.4, 0.5) is 4.39 Å². The molecule has 4 fully saturated rings. The average Bonchev–Trinajstić information content (AvgIpc) is 2.65. The Hall–Kier alpha value is -2.44. The summed E-state index contributed by atoms with van der Waals surface area (Å²) in [5.74, 6) is 1.02. The standard InChI is InChI=1S/C22H28FN3O3/c23-18-3-1-14(2-4-18)8-19(27)25-26-21(29)13-24-20(28)12-22-9-15-5-16(10-22)7-17(6-15)11-22/h1-4,15-17H,5-13H2,(H,24,28)(H,25,27)(H,26,29). The zero-order chi connectivity index (χ0) is 20.4. The smallest absolute Gasteiger partial charge is 0.257 e. The summed E-state index contributed by atoms with van der Waals surface area (Å²) in [5, 5.41) is 2.69. The average molecular weight is 401 g/mol. The predicted octanol–water partition coefficient (Wildman–Crippen LogP) is 2.24. The minimum atomic E-state index is -0.476. The normalized spacial score (nSPS) is 29.3. The Kier molecular flexibility index (Phi) is 5.56. The molecule has 0 saturated heterocycles. The number of amides is 3. The van der Waals surface area contributed by atoms with Gasteiger partial charge in [-0.15, -0.1) is 0 Å². The monoisotopic (exact) mass is 401 g/mol. The Morgan fingerprint density at radius 2 is 1.41 bits per heavy atom. The fourth-order valence-corrected chi connectivity index (χ4v) is 6.10. The Bertz CT molecular complexity index is 758. The van der Waals surface area contributed by atoms with Gasteiger partial charge in [-0.3, -0.25) is 25.2 Å². The van der Waals surface area contributed by atoms with Gasteiger partial charge in [-0.25, -0.2) is 4.39 Å². The van der Waals surface area contributed by atoms with E-state index in [1.807, 2.05) is 0 Å². The minimum absolute atomic E-state index is 0.0267. The maximum absolute atomic E-state index is 12.9. The number of hydrogen-bond acceptors (Lipinski definition) is 3. The van der Waals surface area contributed by atoms with Gasteiger partial charge in [0.05, 0.1) is 13.0 Å². The number of hydrazine groups is 1. The van der Waals surface area contributed by atoms with E-state index in [9.17, 15) is 18.8 Å². The summed E-state index contributed by atoms with van der Waals surface area (Å²) in [5.41, 5.74) is 5.39. The first kappa shape index (κ1) is 19.9. The van der Waals surface area contributed by atoms with Crippen LogP contribution in [0.1, 0.15) is 50.5 Å². The van der Waals surface area contributed by atoms with Crippen LogP contribution in [-0.4, -0.2) is 24.3 Å². The zero-order valence-electron chi connectivity index (χ0n) is 16.5. The summed E-state index contributed by atoms with van der Waals surface area (Å²) < 4.78 is 12.9. The molecule has 0 heterocycles. The van der Waals surface area contributed by atoms with Crippen molar-refractivity contribution in [3.8, 4) is 0 Å². The molecule has 1 aromatic carbocycles. The van der Waals surface area contributed by atoms with Crippen molar-refractivity contribution in [2.45, 2.75) is 51.4 Å². The minimum Gasteiger partial charge on any atom is -0.347 e. The maximum Gasteiger partial charge on any atom is 0.257 e. The van der Waals surface area contributed by atoms with E-state index in [2.05, 4.69) is 16.2 Å². The Labute approximate surface area is 170 Å². The number of rotatable bonds is 6. The molecule has 0 atom stereocenters. The lowest BCUT2D eigenvalue weighted by Crippen LogP contribution is -2.49. The third kappa shape index (κ3) is 4.95. The zero-order valence-corrected chi connectivity index (χ0v) is 16.5. The fraction of sp³-hybridized carbons (Fsp3) is 0.591. The van der Waals surface area contributed by atoms with Gasteiger partial charge in [0, 0.05) is 6.42 Å². The first-order valence-corrected chi connectivity index (χ1v) is 10.5. The molecule has 0 unspecified atom stereocenters. The number of carbonyl (C=O) groups is 3. The molecular weight excluding hydrogens is 373 g/mol. The summed E-state index contributed by atoms with van der Waals surface area (Å²) in [6, 6.07) is 5.59. The highest BCUT2D eigenvalue weighted by Gasteiger charge is 2.51. The molecule has 1 aromatic rings. The van der Waals surface area contributed by atoms with Gasteiger partial charge in [0.15, 0.2) is 0 Å². The first-order valence-electron chi connectivity index (χ1n) is 10.5. The van der Waals surface area contributed by atoms with Gasteiger partial charge in [0.1, 0.15) is 5.82 Å². The van der Waals surface area contributed by atoms with E-state index in [0.29, 0.717) is 12.0 Å². The van der Waals surface area contributed by atoms with Crippen LogP contribution in [0, 0.1) is 29.0 Å². The quantitative estimate of drug-likeness (QED) is 0.639. The van der Waals surface area contributed by atoms with Crippen molar-refractivity contribution in [1.29, 1.82) is 0 Å². The lowest BCUT2D eigenvalue weighted by molar-refractivity contribution is -0.132. The van der Waals surface area contributed by atoms with Crippen molar-refractivity contribution < 1.29 is 18.8 Å². The van der Waals surface area contributed by atoms with Gasteiger partial charge in [0.2, 0.25) is 11.8 Å². The number of nitrogens with one attached hydrogen (secondary N) is 3. The molecule has 0 spiro atoms. The van der Waals surface area contributed by atoms with Crippen LogP contribution < -0.4 is 16.2 Å². The first-order chi connectivity index (χ1) is 13.9. The van der Waals surface area contributed by atoms with Crippen LogP contribution in [0.15, 0.2) is 24.3 Å². The number of halogens is 1. The van der Waals surface area contributed by atoms with E-state index in [1.165, 1.54) is 43.5 Å². The summed E-state index contributed by atoms with van der Waals surface area (Å²) >= 11 is 0. The van der Waals surface area contributed by atoms with Crippen molar-refractivity contribution in [2.75, 3.05) is 6.54 Å². The van der Waals surface area contributed by atoms with Crippen molar-refractivity contribution in [2.24, 2.45) is 23.2 Å². The SMILES string of the molecule is O=C(CC12CC3CC(CC(C3)C1)C2)NCC(=O)NNC(=O)Cc1ccc(F)cc1. The van der Waals surface area contributed by atoms with Crippen molar-refractivity contribution in [3.63, 3.8) is 0 Å². The second kappa shape index (κ2) is 8.13. The van der Waals surface area contributed by atoms with E-state index in [-0.39, 0.29) is 30.1 Å². The lowest BCUT2D eigenvalue weighted by Gasteiger charge is -2.56. The maximum atomic E-state index is 12.9. The van der Waals surface area contributed by atoms with Gasteiger partial charge in [0.25, 0.3) is 5.91 Å². The van der Waals surface area contributed by atoms with Crippen molar-refractivity contribution >= 4 is 17.7 Å². The summed E-state index contributed by atoms with van der Waals surface area (Å²) in [4.78, 5) is 36.2. The van der Waals surface area contributed by atoms with Gasteiger partial charge in [-0.05, 0) is 79.4 Å². The summed E-state index contributed by atoms with van der Waals surface area (Å²) in [6.45, 7) is -0.165. The molecule has 0 aliphatic heterocycles. The molecule has 0 aromatic heterocycles. The fourth-order valence-electron chi connectivity index (χ4n) is 6.10. The van der Waals surface area contributed by atoms with E-state index in [4.69, 9.17) is 0 Å². The van der Waals surface area contributed by atoms with Crippen LogP contribution in [0.2, 0.25) is 0 Å². The van der Waals surface area contributed by atoms with Crippen LogP contribution >= 0.6 is 0 Å². The van der Waals surface area contributed by atoms with Gasteiger partial charge in [-0.2, -0.15) is 0 Å². The van der Waals surface area contributed by atoms with Crippen LogP contribution in [0.25, 0.3) is 0 Å². The van der Waals surface area contributed by atoms with E-state index < -0.39 is 11.8 Å². The molecule has 7 heteroatoms. The second-order valence-electron chi connectivity index (χ2n) is 9.27.